The van der Waals surface area contributed by atoms with Gasteiger partial charge in [0.2, 0.25) is 0 Å². The number of likely N-dealkylation sites (N-methyl/N-ethyl adjacent to an activating group) is 2. The highest BCUT2D eigenvalue weighted by Gasteiger charge is 2.21. The fourth-order valence-corrected chi connectivity index (χ4v) is 2.82. The molecule has 0 radical (unpaired) electrons. The van der Waals surface area contributed by atoms with Gasteiger partial charge in [-0.25, -0.2) is 0 Å². The van der Waals surface area contributed by atoms with E-state index in [-0.39, 0.29) is 0 Å². The molecule has 1 saturated heterocycles. The number of nitrogens with one attached hydrogen (secondary N) is 1. The molecule has 1 N–H and O–H groups in total. The van der Waals surface area contributed by atoms with Crippen LogP contribution in [0.3, 0.4) is 0 Å². The summed E-state index contributed by atoms with van der Waals surface area (Å²) in [5, 5.41) is 3.56. The minimum atomic E-state index is 0.674. The average molecular weight is 255 g/mol. The van der Waals surface area contributed by atoms with Crippen LogP contribution in [0.15, 0.2) is 0 Å². The van der Waals surface area contributed by atoms with E-state index in [1.54, 1.807) is 0 Å². The molecule has 1 heterocycles. The van der Waals surface area contributed by atoms with E-state index in [1.807, 2.05) is 0 Å². The van der Waals surface area contributed by atoms with E-state index >= 15 is 0 Å². The molecule has 0 bridgehead atoms. The monoisotopic (exact) mass is 255 g/mol. The summed E-state index contributed by atoms with van der Waals surface area (Å²) in [6.07, 6.45) is 6.61. The molecule has 108 valence electrons. The summed E-state index contributed by atoms with van der Waals surface area (Å²) in [5.74, 6) is 0. The third-order valence-electron chi connectivity index (χ3n) is 4.11. The highest BCUT2D eigenvalue weighted by Crippen LogP contribution is 2.15. The molecule has 1 fully saturated rings. The molecule has 2 atom stereocenters. The van der Waals surface area contributed by atoms with E-state index in [0.29, 0.717) is 6.04 Å². The van der Waals surface area contributed by atoms with Crippen LogP contribution in [0.4, 0.5) is 0 Å². The van der Waals surface area contributed by atoms with Crippen LogP contribution < -0.4 is 5.32 Å². The molecule has 0 amide bonds. The van der Waals surface area contributed by atoms with Crippen LogP contribution in [0.5, 0.6) is 0 Å². The molecule has 0 aromatic carbocycles. The zero-order chi connectivity index (χ0) is 13.4. The van der Waals surface area contributed by atoms with Crippen LogP contribution in [0.2, 0.25) is 0 Å². The van der Waals surface area contributed by atoms with Gasteiger partial charge >= 0.3 is 0 Å². The Morgan fingerprint density at radius 2 is 2.22 bits per heavy atom. The summed E-state index contributed by atoms with van der Waals surface area (Å²) >= 11 is 0. The summed E-state index contributed by atoms with van der Waals surface area (Å²) in [7, 11) is 4.54. The van der Waals surface area contributed by atoms with Crippen LogP contribution >= 0.6 is 0 Å². The van der Waals surface area contributed by atoms with Crippen molar-refractivity contribution in [1.82, 2.24) is 15.1 Å². The summed E-state index contributed by atoms with van der Waals surface area (Å²) in [6.45, 7) is 9.46. The van der Waals surface area contributed by atoms with Gasteiger partial charge in [0.05, 0.1) is 0 Å². The largest absolute Gasteiger partial charge is 0.314 e. The van der Waals surface area contributed by atoms with E-state index < -0.39 is 0 Å². The summed E-state index contributed by atoms with van der Waals surface area (Å²) in [5.41, 5.74) is 0. The molecule has 0 aliphatic carbocycles. The molecule has 1 aliphatic rings. The number of nitrogens with zero attached hydrogens (tertiary/aromatic N) is 2. The zero-order valence-corrected chi connectivity index (χ0v) is 12.9. The fourth-order valence-electron chi connectivity index (χ4n) is 2.82. The van der Waals surface area contributed by atoms with E-state index in [0.717, 1.165) is 12.6 Å². The van der Waals surface area contributed by atoms with Crippen molar-refractivity contribution in [2.75, 3.05) is 40.3 Å². The molecule has 0 aromatic heterocycles. The topological polar surface area (TPSA) is 18.5 Å². The quantitative estimate of drug-likeness (QED) is 0.681. The van der Waals surface area contributed by atoms with Gasteiger partial charge in [-0.2, -0.15) is 0 Å². The SMILES string of the molecule is CCCNC(C)CCCN(C)CC1CCCN1C. The lowest BCUT2D eigenvalue weighted by Gasteiger charge is -2.26. The third-order valence-corrected chi connectivity index (χ3v) is 4.11. The van der Waals surface area contributed by atoms with Crippen molar-refractivity contribution in [2.45, 2.75) is 58.0 Å². The minimum absolute atomic E-state index is 0.674. The van der Waals surface area contributed by atoms with Crippen LogP contribution in [-0.4, -0.2) is 62.2 Å². The Morgan fingerprint density at radius 3 is 2.83 bits per heavy atom. The van der Waals surface area contributed by atoms with Crippen molar-refractivity contribution < 1.29 is 0 Å². The summed E-state index contributed by atoms with van der Waals surface area (Å²) < 4.78 is 0. The predicted octanol–water partition coefficient (Wildman–Crippen LogP) is 2.18. The van der Waals surface area contributed by atoms with Crippen molar-refractivity contribution in [1.29, 1.82) is 0 Å². The molecule has 0 spiro atoms. The Kier molecular flexibility index (Phi) is 7.87. The second-order valence-electron chi connectivity index (χ2n) is 6.04. The molecule has 18 heavy (non-hydrogen) atoms. The molecule has 1 aliphatic heterocycles. The molecular formula is C15H33N3. The Labute approximate surface area is 114 Å². The Hall–Kier alpha value is -0.120. The molecule has 2 unspecified atom stereocenters. The van der Waals surface area contributed by atoms with E-state index in [9.17, 15) is 0 Å². The van der Waals surface area contributed by atoms with Crippen LogP contribution in [0.25, 0.3) is 0 Å². The molecule has 3 heteroatoms. The lowest BCUT2D eigenvalue weighted by Crippen LogP contribution is -2.37. The smallest absolute Gasteiger partial charge is 0.0220 e. The maximum absolute atomic E-state index is 3.56. The van der Waals surface area contributed by atoms with Gasteiger partial charge in [-0.3, -0.25) is 0 Å². The summed E-state index contributed by atoms with van der Waals surface area (Å²) in [6, 6.07) is 1.47. The van der Waals surface area contributed by atoms with Crippen molar-refractivity contribution in [3.05, 3.63) is 0 Å². The molecule has 1 rings (SSSR count). The second kappa shape index (κ2) is 8.89. The van der Waals surface area contributed by atoms with Gasteiger partial charge in [0.25, 0.3) is 0 Å². The van der Waals surface area contributed by atoms with Crippen LogP contribution in [0.1, 0.15) is 46.0 Å². The van der Waals surface area contributed by atoms with Gasteiger partial charge in [0.15, 0.2) is 0 Å². The van der Waals surface area contributed by atoms with Crippen LogP contribution in [-0.2, 0) is 0 Å². The first-order valence-corrected chi connectivity index (χ1v) is 7.75. The van der Waals surface area contributed by atoms with Gasteiger partial charge in [-0.15, -0.1) is 0 Å². The molecule has 3 nitrogen and oxygen atoms in total. The second-order valence-corrected chi connectivity index (χ2v) is 6.04. The number of rotatable bonds is 9. The first-order valence-electron chi connectivity index (χ1n) is 7.75. The lowest BCUT2D eigenvalue weighted by molar-refractivity contribution is 0.216. The number of hydrogen-bond donors (Lipinski definition) is 1. The van der Waals surface area contributed by atoms with Gasteiger partial charge in [-0.05, 0) is 72.8 Å². The number of hydrogen-bond acceptors (Lipinski definition) is 3. The fraction of sp³-hybridized carbons (Fsp3) is 1.00. The maximum Gasteiger partial charge on any atom is 0.0220 e. The first kappa shape index (κ1) is 15.9. The van der Waals surface area contributed by atoms with E-state index in [1.165, 1.54) is 51.7 Å². The minimum Gasteiger partial charge on any atom is -0.314 e. The van der Waals surface area contributed by atoms with Gasteiger partial charge < -0.3 is 15.1 Å². The van der Waals surface area contributed by atoms with Crippen molar-refractivity contribution in [2.24, 2.45) is 0 Å². The molecule has 0 saturated carbocycles. The Balaban J connectivity index is 2.04. The van der Waals surface area contributed by atoms with Crippen LogP contribution in [0, 0.1) is 0 Å². The third kappa shape index (κ3) is 6.17. The average Bonchev–Trinajstić information content (AvgIpc) is 2.72. The highest BCUT2D eigenvalue weighted by molar-refractivity contribution is 4.78. The van der Waals surface area contributed by atoms with E-state index in [4.69, 9.17) is 0 Å². The number of likely N-dealkylation sites (tertiary alicyclic amines) is 1. The predicted molar refractivity (Wildman–Crippen MR) is 80.1 cm³/mol. The van der Waals surface area contributed by atoms with Gasteiger partial charge in [-0.1, -0.05) is 6.92 Å². The van der Waals surface area contributed by atoms with Gasteiger partial charge in [0, 0.05) is 18.6 Å². The molecular weight excluding hydrogens is 222 g/mol. The Bertz CT molecular complexity index is 208. The Morgan fingerprint density at radius 1 is 1.44 bits per heavy atom. The maximum atomic E-state index is 3.56. The lowest BCUT2D eigenvalue weighted by atomic mass is 10.1. The van der Waals surface area contributed by atoms with Gasteiger partial charge in [0.1, 0.15) is 0 Å². The van der Waals surface area contributed by atoms with Crippen molar-refractivity contribution in [3.8, 4) is 0 Å². The first-order chi connectivity index (χ1) is 8.63. The standard InChI is InChI=1S/C15H33N3/c1-5-10-16-14(2)8-6-11-17(3)13-15-9-7-12-18(15)4/h14-16H,5-13H2,1-4H3. The summed E-state index contributed by atoms with van der Waals surface area (Å²) in [4.78, 5) is 5.03. The van der Waals surface area contributed by atoms with E-state index in [2.05, 4.69) is 43.1 Å². The normalized spacial score (nSPS) is 22.8. The van der Waals surface area contributed by atoms with Crippen molar-refractivity contribution in [3.63, 3.8) is 0 Å². The zero-order valence-electron chi connectivity index (χ0n) is 12.9. The van der Waals surface area contributed by atoms with Crippen molar-refractivity contribution >= 4 is 0 Å². The molecule has 0 aromatic rings. The highest BCUT2D eigenvalue weighted by atomic mass is 15.2.